The summed E-state index contributed by atoms with van der Waals surface area (Å²) in [5, 5.41) is 10.8. The first-order valence-electron chi connectivity index (χ1n) is 16.9. The number of benzene rings is 2. The zero-order valence-electron chi connectivity index (χ0n) is 28.8. The quantitative estimate of drug-likeness (QED) is 0.167. The topological polar surface area (TPSA) is 141 Å². The number of halogens is 1. The van der Waals surface area contributed by atoms with Gasteiger partial charge in [0.2, 0.25) is 0 Å². The van der Waals surface area contributed by atoms with Gasteiger partial charge in [-0.05, 0) is 63.2 Å². The van der Waals surface area contributed by atoms with E-state index in [1.54, 1.807) is 48.2 Å². The normalized spacial score (nSPS) is 17.2. The average Bonchev–Trinajstić information content (AvgIpc) is 3.78. The van der Waals surface area contributed by atoms with E-state index >= 15 is 4.39 Å². The Balaban J connectivity index is 1.17. The van der Waals surface area contributed by atoms with Crippen molar-refractivity contribution in [1.29, 1.82) is 0 Å². The van der Waals surface area contributed by atoms with Crippen LogP contribution in [0.1, 0.15) is 18.4 Å². The lowest BCUT2D eigenvalue weighted by atomic mass is 10.1. The van der Waals surface area contributed by atoms with Crippen LogP contribution < -0.4 is 24.8 Å². The molecule has 3 aromatic heterocycles. The van der Waals surface area contributed by atoms with Gasteiger partial charge in [-0.25, -0.2) is 23.9 Å². The van der Waals surface area contributed by atoms with Gasteiger partial charge in [0.05, 0.1) is 37.2 Å². The molecule has 14 nitrogen and oxygen atoms in total. The molecule has 0 saturated carbocycles. The van der Waals surface area contributed by atoms with Crippen molar-refractivity contribution in [3.8, 4) is 23.0 Å². The average molecular weight is 698 g/mol. The van der Waals surface area contributed by atoms with E-state index in [0.29, 0.717) is 83.1 Å². The Morgan fingerprint density at radius 2 is 1.90 bits per heavy atom. The van der Waals surface area contributed by atoms with E-state index in [0.717, 1.165) is 38.0 Å². The second-order valence-electron chi connectivity index (χ2n) is 12.5. The molecule has 2 fully saturated rings. The van der Waals surface area contributed by atoms with Crippen molar-refractivity contribution < 1.29 is 28.1 Å². The minimum Gasteiger partial charge on any atom is -0.494 e. The Morgan fingerprint density at radius 3 is 2.71 bits per heavy atom. The van der Waals surface area contributed by atoms with Gasteiger partial charge in [0, 0.05) is 55.5 Å². The number of nitrogens with zero attached hydrogens (tertiary/aromatic N) is 7. The Kier molecular flexibility index (Phi) is 10.2. The van der Waals surface area contributed by atoms with E-state index in [4.69, 9.17) is 18.9 Å². The Bertz CT molecular complexity index is 2070. The lowest BCUT2D eigenvalue weighted by Gasteiger charge is -2.26. The van der Waals surface area contributed by atoms with Crippen molar-refractivity contribution in [2.45, 2.75) is 25.8 Å². The van der Waals surface area contributed by atoms with Crippen LogP contribution in [-0.2, 0) is 9.53 Å². The molecule has 7 rings (SSSR count). The number of amides is 1. The third kappa shape index (κ3) is 7.85. The summed E-state index contributed by atoms with van der Waals surface area (Å²) in [7, 11) is 3.49. The molecule has 5 heterocycles. The van der Waals surface area contributed by atoms with Crippen LogP contribution in [0.5, 0.6) is 23.0 Å². The zero-order valence-corrected chi connectivity index (χ0v) is 28.8. The first-order chi connectivity index (χ1) is 24.8. The molecule has 2 saturated heterocycles. The van der Waals surface area contributed by atoms with E-state index in [2.05, 4.69) is 35.6 Å². The fourth-order valence-electron chi connectivity index (χ4n) is 6.24. The monoisotopic (exact) mass is 697 g/mol. The van der Waals surface area contributed by atoms with Crippen molar-refractivity contribution in [3.63, 3.8) is 0 Å². The van der Waals surface area contributed by atoms with Gasteiger partial charge in [-0.2, -0.15) is 5.10 Å². The maximum absolute atomic E-state index is 15.3. The summed E-state index contributed by atoms with van der Waals surface area (Å²) < 4.78 is 40.5. The van der Waals surface area contributed by atoms with Crippen molar-refractivity contribution in [3.05, 3.63) is 72.7 Å². The number of aryl methyl sites for hydroxylation is 1. The van der Waals surface area contributed by atoms with Gasteiger partial charge < -0.3 is 29.6 Å². The van der Waals surface area contributed by atoms with Gasteiger partial charge in [-0.15, -0.1) is 0 Å². The van der Waals surface area contributed by atoms with Crippen LogP contribution in [0.2, 0.25) is 0 Å². The van der Waals surface area contributed by atoms with E-state index in [1.165, 1.54) is 18.7 Å². The van der Waals surface area contributed by atoms with E-state index in [1.807, 2.05) is 24.9 Å². The first kappa shape index (κ1) is 34.1. The van der Waals surface area contributed by atoms with Gasteiger partial charge in [-0.1, -0.05) is 0 Å². The molecule has 5 aromatic rings. The first-order valence-corrected chi connectivity index (χ1v) is 16.9. The van der Waals surface area contributed by atoms with Crippen LogP contribution in [-0.4, -0.2) is 106 Å². The molecular formula is C36H40FN9O5. The number of likely N-dealkylation sites (tertiary alicyclic amines) is 1. The van der Waals surface area contributed by atoms with Crippen LogP contribution in [0.3, 0.4) is 0 Å². The molecule has 0 aliphatic carbocycles. The van der Waals surface area contributed by atoms with E-state index < -0.39 is 11.7 Å². The Morgan fingerprint density at radius 1 is 1.04 bits per heavy atom. The number of hydrogen-bond acceptors (Lipinski definition) is 12. The predicted molar refractivity (Wildman–Crippen MR) is 190 cm³/mol. The maximum atomic E-state index is 15.3. The second-order valence-corrected chi connectivity index (χ2v) is 12.5. The lowest BCUT2D eigenvalue weighted by Crippen LogP contribution is -2.38. The number of pyridine rings is 1. The number of hydrogen-bond donors (Lipinski definition) is 2. The van der Waals surface area contributed by atoms with Crippen molar-refractivity contribution in [2.75, 3.05) is 70.8 Å². The van der Waals surface area contributed by atoms with Crippen molar-refractivity contribution >= 4 is 39.6 Å². The highest BCUT2D eigenvalue weighted by Crippen LogP contribution is 2.39. The summed E-state index contributed by atoms with van der Waals surface area (Å²) in [6, 6.07) is 10.6. The number of anilines is 3. The molecular weight excluding hydrogens is 657 g/mol. The molecule has 0 spiro atoms. The Labute approximate surface area is 294 Å². The van der Waals surface area contributed by atoms with Gasteiger partial charge >= 0.3 is 0 Å². The summed E-state index contributed by atoms with van der Waals surface area (Å²) >= 11 is 0. The van der Waals surface area contributed by atoms with E-state index in [9.17, 15) is 4.79 Å². The number of likely N-dealkylation sites (N-methyl/N-ethyl adjacent to an activating group) is 1. The minimum atomic E-state index is -0.852. The number of rotatable bonds is 12. The molecule has 2 aliphatic heterocycles. The number of carbonyl (C=O) groups is 1. The summed E-state index contributed by atoms with van der Waals surface area (Å²) in [6.45, 7) is 6.78. The summed E-state index contributed by atoms with van der Waals surface area (Å²) in [4.78, 5) is 30.7. The molecule has 2 N–H and O–H groups in total. The minimum absolute atomic E-state index is 0.131. The SMILES string of the molecule is COc1cc(Oc2ccn3ncnc3c2)c(C)cc1Nc1ncnc2cc(OCCN3CCOCC3)c(NC(=O)/C(F)=C\[C@H]3CCCN3C)cc12. The van der Waals surface area contributed by atoms with Gasteiger partial charge in [0.25, 0.3) is 5.91 Å². The third-order valence-electron chi connectivity index (χ3n) is 9.12. The highest BCUT2D eigenvalue weighted by Gasteiger charge is 2.23. The highest BCUT2D eigenvalue weighted by atomic mass is 19.1. The standard InChI is InChI=1S/C36H40FN9O5/c1-23-15-29(32(48-3)20-31(23)51-25-6-8-46-34(17-25)39-22-41-46)42-35-26-18-30(43-36(47)27(37)16-24-5-4-7-44(24)2)33(19-28(26)38-21-40-35)50-14-11-45-9-12-49-13-10-45/h6,8,15-22,24H,4-5,7,9-14H2,1-3H3,(H,43,47)(H,38,40,42)/b27-16+/t24-/m1/s1. The van der Waals surface area contributed by atoms with Crippen LogP contribution in [0.15, 0.2) is 67.2 Å². The zero-order chi connectivity index (χ0) is 35.3. The van der Waals surface area contributed by atoms with Crippen LogP contribution >= 0.6 is 0 Å². The maximum Gasteiger partial charge on any atom is 0.284 e. The molecule has 0 radical (unpaired) electrons. The van der Waals surface area contributed by atoms with Crippen molar-refractivity contribution in [2.24, 2.45) is 0 Å². The smallest absolute Gasteiger partial charge is 0.284 e. The van der Waals surface area contributed by atoms with E-state index in [-0.39, 0.29) is 6.04 Å². The lowest BCUT2D eigenvalue weighted by molar-refractivity contribution is -0.114. The third-order valence-corrected chi connectivity index (χ3v) is 9.12. The number of carbonyl (C=O) groups excluding carboxylic acids is 1. The molecule has 2 aliphatic rings. The summed E-state index contributed by atoms with van der Waals surface area (Å²) in [5.41, 5.74) is 2.98. The van der Waals surface area contributed by atoms with Gasteiger partial charge in [0.1, 0.15) is 48.1 Å². The number of fused-ring (bicyclic) bond motifs is 2. The van der Waals surface area contributed by atoms with Crippen LogP contribution in [0, 0.1) is 6.92 Å². The largest absolute Gasteiger partial charge is 0.494 e. The highest BCUT2D eigenvalue weighted by molar-refractivity contribution is 6.05. The Hall–Kier alpha value is -5.38. The van der Waals surface area contributed by atoms with Gasteiger partial charge in [0.15, 0.2) is 11.5 Å². The fraction of sp³-hybridized carbons (Fsp3) is 0.361. The summed E-state index contributed by atoms with van der Waals surface area (Å²) in [5.74, 6) is 0.821. The molecule has 2 aromatic carbocycles. The molecule has 0 bridgehead atoms. The van der Waals surface area contributed by atoms with Gasteiger partial charge in [-0.3, -0.25) is 14.6 Å². The second kappa shape index (κ2) is 15.2. The molecule has 266 valence electrons. The number of nitrogens with one attached hydrogen (secondary N) is 2. The molecule has 1 amide bonds. The van der Waals surface area contributed by atoms with Crippen LogP contribution in [0.4, 0.5) is 21.6 Å². The number of aromatic nitrogens is 5. The predicted octanol–water partition coefficient (Wildman–Crippen LogP) is 5.12. The molecule has 0 unspecified atom stereocenters. The van der Waals surface area contributed by atoms with Crippen LogP contribution in [0.25, 0.3) is 16.6 Å². The number of methoxy groups -OCH3 is 1. The number of ether oxygens (including phenoxy) is 4. The fourth-order valence-corrected chi connectivity index (χ4v) is 6.24. The molecule has 1 atom stereocenters. The summed E-state index contributed by atoms with van der Waals surface area (Å²) in [6.07, 6.45) is 7.83. The van der Waals surface area contributed by atoms with Crippen molar-refractivity contribution in [1.82, 2.24) is 34.4 Å². The number of morpholine rings is 1. The molecule has 15 heteroatoms. The molecule has 51 heavy (non-hydrogen) atoms.